The Morgan fingerprint density at radius 3 is 2.52 bits per heavy atom. The zero-order valence-corrected chi connectivity index (χ0v) is 14.3. The van der Waals surface area contributed by atoms with Crippen LogP contribution in [0, 0.1) is 5.92 Å². The van der Waals surface area contributed by atoms with Gasteiger partial charge < -0.3 is 9.73 Å². The fourth-order valence-electron chi connectivity index (χ4n) is 2.76. The fourth-order valence-corrected chi connectivity index (χ4v) is 2.76. The van der Waals surface area contributed by atoms with Gasteiger partial charge in [0.15, 0.2) is 0 Å². The Morgan fingerprint density at radius 1 is 1.33 bits per heavy atom. The predicted molar refractivity (Wildman–Crippen MR) is 86.3 cm³/mol. The van der Waals surface area contributed by atoms with Gasteiger partial charge in [-0.2, -0.15) is 0 Å². The smallest absolute Gasteiger partial charge is 0.208 e. The highest BCUT2D eigenvalue weighted by Crippen LogP contribution is 2.24. The van der Waals surface area contributed by atoms with Gasteiger partial charge in [0.1, 0.15) is 5.76 Å². The number of oxazole rings is 1. The summed E-state index contributed by atoms with van der Waals surface area (Å²) >= 11 is 0. The SMILES string of the molecule is CC(C)N(Cc1ncc(C(C)(C)C)o1)CC1CCNCC1. The van der Waals surface area contributed by atoms with Crippen molar-refractivity contribution in [3.8, 4) is 0 Å². The maximum Gasteiger partial charge on any atom is 0.208 e. The van der Waals surface area contributed by atoms with Gasteiger partial charge in [-0.3, -0.25) is 4.90 Å². The van der Waals surface area contributed by atoms with E-state index in [2.05, 4.69) is 49.8 Å². The van der Waals surface area contributed by atoms with E-state index >= 15 is 0 Å². The molecule has 0 amide bonds. The Morgan fingerprint density at radius 2 is 2.00 bits per heavy atom. The molecule has 0 bridgehead atoms. The first-order chi connectivity index (χ1) is 9.86. The summed E-state index contributed by atoms with van der Waals surface area (Å²) in [4.78, 5) is 6.97. The first kappa shape index (κ1) is 16.5. The summed E-state index contributed by atoms with van der Waals surface area (Å²) in [5.41, 5.74) is 0.0307. The Balaban J connectivity index is 1.97. The lowest BCUT2D eigenvalue weighted by molar-refractivity contribution is 0.147. The number of aromatic nitrogens is 1. The van der Waals surface area contributed by atoms with Gasteiger partial charge in [-0.15, -0.1) is 0 Å². The van der Waals surface area contributed by atoms with Crippen molar-refractivity contribution < 1.29 is 4.42 Å². The molecule has 0 radical (unpaired) electrons. The van der Waals surface area contributed by atoms with E-state index in [0.29, 0.717) is 6.04 Å². The van der Waals surface area contributed by atoms with Crippen molar-refractivity contribution in [1.29, 1.82) is 0 Å². The summed E-state index contributed by atoms with van der Waals surface area (Å²) in [5.74, 6) is 2.62. The van der Waals surface area contributed by atoms with Crippen molar-refractivity contribution in [3.05, 3.63) is 17.8 Å². The third kappa shape index (κ3) is 4.82. The lowest BCUT2D eigenvalue weighted by Crippen LogP contribution is -2.39. The van der Waals surface area contributed by atoms with Crippen molar-refractivity contribution in [1.82, 2.24) is 15.2 Å². The normalized spacial score (nSPS) is 17.9. The second-order valence-electron chi connectivity index (χ2n) is 7.58. The highest BCUT2D eigenvalue weighted by molar-refractivity contribution is 5.06. The fraction of sp³-hybridized carbons (Fsp3) is 0.824. The van der Waals surface area contributed by atoms with Gasteiger partial charge in [0.05, 0.1) is 12.7 Å². The molecule has 2 rings (SSSR count). The van der Waals surface area contributed by atoms with Crippen molar-refractivity contribution in [2.75, 3.05) is 19.6 Å². The molecule has 0 aromatic carbocycles. The Kier molecular flexibility index (Phi) is 5.44. The third-order valence-corrected chi connectivity index (χ3v) is 4.31. The molecule has 120 valence electrons. The first-order valence-electron chi connectivity index (χ1n) is 8.26. The standard InChI is InChI=1S/C17H31N3O/c1-13(2)20(11-14-6-8-18-9-7-14)12-16-19-10-15(21-16)17(3,4)5/h10,13-14,18H,6-9,11-12H2,1-5H3. The van der Waals surface area contributed by atoms with Gasteiger partial charge in [0, 0.05) is 18.0 Å². The molecule has 2 heterocycles. The van der Waals surface area contributed by atoms with E-state index < -0.39 is 0 Å². The first-order valence-corrected chi connectivity index (χ1v) is 8.26. The van der Waals surface area contributed by atoms with E-state index in [1.54, 1.807) is 0 Å². The van der Waals surface area contributed by atoms with Crippen LogP contribution in [-0.2, 0) is 12.0 Å². The molecule has 1 aromatic rings. The minimum Gasteiger partial charge on any atom is -0.444 e. The summed E-state index contributed by atoms with van der Waals surface area (Å²) in [6.07, 6.45) is 4.45. The molecule has 1 fully saturated rings. The van der Waals surface area contributed by atoms with Gasteiger partial charge in [0.2, 0.25) is 5.89 Å². The van der Waals surface area contributed by atoms with E-state index in [1.807, 2.05) is 6.20 Å². The second kappa shape index (κ2) is 6.93. The molecule has 4 heteroatoms. The molecular formula is C17H31N3O. The summed E-state index contributed by atoms with van der Waals surface area (Å²) in [7, 11) is 0. The Labute approximate surface area is 129 Å². The number of hydrogen-bond acceptors (Lipinski definition) is 4. The zero-order valence-electron chi connectivity index (χ0n) is 14.3. The Bertz CT molecular complexity index is 427. The van der Waals surface area contributed by atoms with Crippen molar-refractivity contribution in [2.45, 2.75) is 65.5 Å². The van der Waals surface area contributed by atoms with Gasteiger partial charge in [-0.1, -0.05) is 20.8 Å². The van der Waals surface area contributed by atoms with Crippen molar-refractivity contribution in [3.63, 3.8) is 0 Å². The number of hydrogen-bond donors (Lipinski definition) is 1. The van der Waals surface area contributed by atoms with Crippen LogP contribution in [0.4, 0.5) is 0 Å². The molecule has 1 aliphatic heterocycles. The molecule has 21 heavy (non-hydrogen) atoms. The summed E-state index contributed by atoms with van der Waals surface area (Å²) in [6, 6.07) is 0.518. The average molecular weight is 293 g/mol. The largest absolute Gasteiger partial charge is 0.444 e. The van der Waals surface area contributed by atoms with Crippen LogP contribution in [0.25, 0.3) is 0 Å². The maximum atomic E-state index is 5.95. The summed E-state index contributed by atoms with van der Waals surface area (Å²) in [6.45, 7) is 15.3. The molecule has 1 saturated heterocycles. The van der Waals surface area contributed by atoms with Gasteiger partial charge >= 0.3 is 0 Å². The molecule has 1 aliphatic rings. The summed E-state index contributed by atoms with van der Waals surface area (Å²) in [5, 5.41) is 3.44. The molecular weight excluding hydrogens is 262 g/mol. The summed E-state index contributed by atoms with van der Waals surface area (Å²) < 4.78 is 5.95. The second-order valence-corrected chi connectivity index (χ2v) is 7.58. The molecule has 0 spiro atoms. The van der Waals surface area contributed by atoms with Crippen LogP contribution in [0.2, 0.25) is 0 Å². The predicted octanol–water partition coefficient (Wildman–Crippen LogP) is 3.18. The van der Waals surface area contributed by atoms with Crippen LogP contribution in [-0.4, -0.2) is 35.6 Å². The molecule has 0 saturated carbocycles. The molecule has 0 unspecified atom stereocenters. The number of piperidine rings is 1. The monoisotopic (exact) mass is 293 g/mol. The minimum atomic E-state index is 0.0307. The van der Waals surface area contributed by atoms with Crippen LogP contribution >= 0.6 is 0 Å². The lowest BCUT2D eigenvalue weighted by Gasteiger charge is -2.31. The van der Waals surface area contributed by atoms with Crippen molar-refractivity contribution >= 4 is 0 Å². The van der Waals surface area contributed by atoms with Gasteiger partial charge in [0.25, 0.3) is 0 Å². The van der Waals surface area contributed by atoms with Crippen LogP contribution in [0.15, 0.2) is 10.6 Å². The van der Waals surface area contributed by atoms with E-state index in [4.69, 9.17) is 4.42 Å². The maximum absolute atomic E-state index is 5.95. The number of nitrogens with zero attached hydrogens (tertiary/aromatic N) is 2. The van der Waals surface area contributed by atoms with Gasteiger partial charge in [-0.05, 0) is 45.7 Å². The lowest BCUT2D eigenvalue weighted by atomic mass is 9.94. The third-order valence-electron chi connectivity index (χ3n) is 4.31. The molecule has 4 nitrogen and oxygen atoms in total. The highest BCUT2D eigenvalue weighted by Gasteiger charge is 2.23. The molecule has 1 N–H and O–H groups in total. The van der Waals surface area contributed by atoms with E-state index in [1.165, 1.54) is 12.8 Å². The van der Waals surface area contributed by atoms with E-state index in [9.17, 15) is 0 Å². The van der Waals surface area contributed by atoms with Crippen molar-refractivity contribution in [2.24, 2.45) is 5.92 Å². The Hall–Kier alpha value is -0.870. The van der Waals surface area contributed by atoms with Crippen LogP contribution in [0.1, 0.15) is 59.1 Å². The topological polar surface area (TPSA) is 41.3 Å². The number of rotatable bonds is 5. The molecule has 0 atom stereocenters. The minimum absolute atomic E-state index is 0.0307. The van der Waals surface area contributed by atoms with Crippen LogP contribution in [0.5, 0.6) is 0 Å². The van der Waals surface area contributed by atoms with E-state index in [0.717, 1.165) is 43.7 Å². The number of nitrogens with one attached hydrogen (secondary N) is 1. The van der Waals surface area contributed by atoms with Gasteiger partial charge in [-0.25, -0.2) is 4.98 Å². The quantitative estimate of drug-likeness (QED) is 0.905. The van der Waals surface area contributed by atoms with E-state index in [-0.39, 0.29) is 5.41 Å². The zero-order chi connectivity index (χ0) is 15.5. The van der Waals surface area contributed by atoms with Crippen LogP contribution < -0.4 is 5.32 Å². The molecule has 0 aliphatic carbocycles. The average Bonchev–Trinajstić information content (AvgIpc) is 2.87. The highest BCUT2D eigenvalue weighted by atomic mass is 16.4. The molecule has 1 aromatic heterocycles. The van der Waals surface area contributed by atoms with Crippen LogP contribution in [0.3, 0.4) is 0 Å².